The summed E-state index contributed by atoms with van der Waals surface area (Å²) in [5.74, 6) is 0.459. The Morgan fingerprint density at radius 1 is 1.69 bits per heavy atom. The average molecular weight is 177 g/mol. The van der Waals surface area contributed by atoms with E-state index in [0.717, 1.165) is 0 Å². The third-order valence-electron chi connectivity index (χ3n) is 3.08. The van der Waals surface area contributed by atoms with Gasteiger partial charge < -0.3 is 5.73 Å². The second-order valence-electron chi connectivity index (χ2n) is 4.26. The van der Waals surface area contributed by atoms with Crippen molar-refractivity contribution in [1.29, 1.82) is 0 Å². The van der Waals surface area contributed by atoms with Crippen LogP contribution in [0.1, 0.15) is 25.3 Å². The molecular weight excluding hydrogens is 162 g/mol. The highest BCUT2D eigenvalue weighted by atomic mass is 15.2. The largest absolute Gasteiger partial charge is 0.327 e. The number of rotatable bonds is 2. The second kappa shape index (κ2) is 2.45. The van der Waals surface area contributed by atoms with Gasteiger partial charge in [-0.2, -0.15) is 5.10 Å². The molecule has 2 unspecified atom stereocenters. The molecule has 0 bridgehead atoms. The Balaban J connectivity index is 2.24. The first kappa shape index (κ1) is 8.51. The summed E-state index contributed by atoms with van der Waals surface area (Å²) in [6, 6.07) is 0.273. The van der Waals surface area contributed by atoms with Crippen LogP contribution >= 0.6 is 0 Å². The lowest BCUT2D eigenvalue weighted by atomic mass is 10.1. The molecular formula is C10H15N3. The molecule has 3 heteroatoms. The van der Waals surface area contributed by atoms with E-state index in [0.29, 0.717) is 5.92 Å². The normalized spacial score (nSPS) is 30.1. The van der Waals surface area contributed by atoms with E-state index in [2.05, 4.69) is 25.5 Å². The summed E-state index contributed by atoms with van der Waals surface area (Å²) in [6.45, 7) is 8.02. The van der Waals surface area contributed by atoms with Gasteiger partial charge in [0.25, 0.3) is 0 Å². The van der Waals surface area contributed by atoms with Crippen LogP contribution in [0, 0.1) is 5.41 Å². The fourth-order valence-electron chi connectivity index (χ4n) is 1.93. The molecule has 0 amide bonds. The van der Waals surface area contributed by atoms with Gasteiger partial charge in [-0.1, -0.05) is 20.4 Å². The van der Waals surface area contributed by atoms with Crippen LogP contribution in [-0.2, 0) is 0 Å². The minimum atomic E-state index is 0.231. The highest BCUT2D eigenvalue weighted by molar-refractivity contribution is 5.32. The maximum Gasteiger partial charge on any atom is 0.0529 e. The maximum absolute atomic E-state index is 5.96. The first-order valence-electron chi connectivity index (χ1n) is 4.49. The minimum absolute atomic E-state index is 0.231. The van der Waals surface area contributed by atoms with Gasteiger partial charge in [-0.3, -0.25) is 0 Å². The molecule has 1 aliphatic rings. The molecule has 0 saturated heterocycles. The lowest BCUT2D eigenvalue weighted by molar-refractivity contribution is 0.599. The Bertz CT molecular complexity index is 338. The standard InChI is InChI=1S/C10H15N3/c1-4-13-6-7(5-12-13)8-9(11)10(8,2)3/h4-6,8-9H,1,11H2,2-3H3. The third-order valence-corrected chi connectivity index (χ3v) is 3.08. The van der Waals surface area contributed by atoms with E-state index >= 15 is 0 Å². The first-order chi connectivity index (χ1) is 6.07. The van der Waals surface area contributed by atoms with Crippen LogP contribution in [0.2, 0.25) is 0 Å². The molecule has 2 atom stereocenters. The second-order valence-corrected chi connectivity index (χ2v) is 4.26. The number of hydrogen-bond donors (Lipinski definition) is 1. The van der Waals surface area contributed by atoms with Gasteiger partial charge >= 0.3 is 0 Å². The molecule has 1 saturated carbocycles. The highest BCUT2D eigenvalue weighted by Crippen LogP contribution is 2.57. The summed E-state index contributed by atoms with van der Waals surface area (Å²) in [4.78, 5) is 0. The quantitative estimate of drug-likeness (QED) is 0.742. The van der Waals surface area contributed by atoms with Crippen LogP contribution in [0.4, 0.5) is 0 Å². The molecule has 13 heavy (non-hydrogen) atoms. The van der Waals surface area contributed by atoms with Crippen molar-refractivity contribution in [2.75, 3.05) is 0 Å². The predicted molar refractivity (Wildman–Crippen MR) is 53.1 cm³/mol. The Morgan fingerprint density at radius 3 is 2.69 bits per heavy atom. The zero-order valence-corrected chi connectivity index (χ0v) is 8.07. The monoisotopic (exact) mass is 177 g/mol. The van der Waals surface area contributed by atoms with Gasteiger partial charge in [0.2, 0.25) is 0 Å². The van der Waals surface area contributed by atoms with Crippen LogP contribution in [0.15, 0.2) is 19.0 Å². The van der Waals surface area contributed by atoms with Crippen LogP contribution in [-0.4, -0.2) is 15.8 Å². The number of nitrogens with two attached hydrogens (primary N) is 1. The zero-order valence-electron chi connectivity index (χ0n) is 8.07. The van der Waals surface area contributed by atoms with E-state index in [9.17, 15) is 0 Å². The van der Waals surface area contributed by atoms with E-state index in [1.54, 1.807) is 10.9 Å². The van der Waals surface area contributed by atoms with Gasteiger partial charge in [0.05, 0.1) is 6.20 Å². The molecule has 1 aliphatic carbocycles. The topological polar surface area (TPSA) is 43.8 Å². The van der Waals surface area contributed by atoms with Gasteiger partial charge in [-0.25, -0.2) is 4.68 Å². The van der Waals surface area contributed by atoms with Crippen LogP contribution in [0.3, 0.4) is 0 Å². The van der Waals surface area contributed by atoms with E-state index in [4.69, 9.17) is 5.73 Å². The molecule has 1 aromatic rings. The molecule has 1 heterocycles. The highest BCUT2D eigenvalue weighted by Gasteiger charge is 2.56. The van der Waals surface area contributed by atoms with E-state index in [1.807, 2.05) is 12.4 Å². The van der Waals surface area contributed by atoms with Crippen molar-refractivity contribution < 1.29 is 0 Å². The Kier molecular flexibility index (Phi) is 1.60. The summed E-state index contributed by atoms with van der Waals surface area (Å²) >= 11 is 0. The molecule has 2 N–H and O–H groups in total. The maximum atomic E-state index is 5.96. The SMILES string of the molecule is C=Cn1cc(C2C(N)C2(C)C)cn1. The van der Waals surface area contributed by atoms with E-state index in [1.165, 1.54) is 5.56 Å². The zero-order chi connectivity index (χ0) is 9.64. The molecule has 1 fully saturated rings. The van der Waals surface area contributed by atoms with Crippen molar-refractivity contribution in [3.63, 3.8) is 0 Å². The average Bonchev–Trinajstić information content (AvgIpc) is 2.55. The molecule has 0 spiro atoms. The molecule has 0 aliphatic heterocycles. The van der Waals surface area contributed by atoms with Gasteiger partial charge in [-0.15, -0.1) is 0 Å². The summed E-state index contributed by atoms with van der Waals surface area (Å²) in [5.41, 5.74) is 7.42. The van der Waals surface area contributed by atoms with Gasteiger partial charge in [0.15, 0.2) is 0 Å². The summed E-state index contributed by atoms with van der Waals surface area (Å²) < 4.78 is 1.72. The summed E-state index contributed by atoms with van der Waals surface area (Å²) in [5, 5.41) is 4.14. The number of aromatic nitrogens is 2. The van der Waals surface area contributed by atoms with Crippen LogP contribution in [0.25, 0.3) is 6.20 Å². The van der Waals surface area contributed by atoms with E-state index < -0.39 is 0 Å². The van der Waals surface area contributed by atoms with Gasteiger partial charge in [0, 0.05) is 24.4 Å². The lowest BCUT2D eigenvalue weighted by Crippen LogP contribution is -2.06. The number of hydrogen-bond acceptors (Lipinski definition) is 2. The van der Waals surface area contributed by atoms with Crippen LogP contribution in [0.5, 0.6) is 0 Å². The van der Waals surface area contributed by atoms with Crippen molar-refractivity contribution in [2.45, 2.75) is 25.8 Å². The molecule has 3 nitrogen and oxygen atoms in total. The fourth-order valence-corrected chi connectivity index (χ4v) is 1.93. The Morgan fingerprint density at radius 2 is 2.31 bits per heavy atom. The molecule has 1 aromatic heterocycles. The Hall–Kier alpha value is -1.09. The smallest absolute Gasteiger partial charge is 0.0529 e. The molecule has 2 rings (SSSR count). The van der Waals surface area contributed by atoms with Crippen molar-refractivity contribution in [1.82, 2.24) is 9.78 Å². The molecule has 0 aromatic carbocycles. The summed E-state index contributed by atoms with van der Waals surface area (Å²) in [7, 11) is 0. The summed E-state index contributed by atoms with van der Waals surface area (Å²) in [6.07, 6.45) is 5.55. The van der Waals surface area contributed by atoms with E-state index in [-0.39, 0.29) is 11.5 Å². The van der Waals surface area contributed by atoms with Crippen molar-refractivity contribution in [2.24, 2.45) is 11.1 Å². The minimum Gasteiger partial charge on any atom is -0.327 e. The van der Waals surface area contributed by atoms with Gasteiger partial charge in [-0.05, 0) is 11.0 Å². The van der Waals surface area contributed by atoms with Crippen molar-refractivity contribution in [3.05, 3.63) is 24.5 Å². The Labute approximate surface area is 78.2 Å². The van der Waals surface area contributed by atoms with Crippen LogP contribution < -0.4 is 5.73 Å². The predicted octanol–water partition coefficient (Wildman–Crippen LogP) is 1.43. The molecule has 0 radical (unpaired) electrons. The molecule has 70 valence electrons. The fraction of sp³-hybridized carbons (Fsp3) is 0.500. The lowest BCUT2D eigenvalue weighted by Gasteiger charge is -1.97. The first-order valence-corrected chi connectivity index (χ1v) is 4.49. The van der Waals surface area contributed by atoms with Crippen molar-refractivity contribution in [3.8, 4) is 0 Å². The number of nitrogens with zero attached hydrogens (tertiary/aromatic N) is 2. The van der Waals surface area contributed by atoms with Gasteiger partial charge in [0.1, 0.15) is 0 Å². The van der Waals surface area contributed by atoms with Crippen molar-refractivity contribution >= 4 is 6.20 Å². The third kappa shape index (κ3) is 1.11.